The molecule has 1 nitrogen and oxygen atoms in total. The van der Waals surface area contributed by atoms with Gasteiger partial charge in [0.1, 0.15) is 0 Å². The maximum Gasteiger partial charge on any atom is 0.0255 e. The molecule has 0 aromatic rings. The molecule has 2 unspecified atom stereocenters. The number of allylic oxidation sites excluding steroid dienone is 1. The van der Waals surface area contributed by atoms with E-state index in [0.29, 0.717) is 11.5 Å². The molecule has 0 amide bonds. The van der Waals surface area contributed by atoms with Crippen molar-refractivity contribution in [2.75, 3.05) is 0 Å². The maximum atomic E-state index is 3.75. The van der Waals surface area contributed by atoms with Crippen molar-refractivity contribution in [3.63, 3.8) is 0 Å². The third kappa shape index (κ3) is 2.34. The molecule has 2 aliphatic rings. The molecule has 0 saturated heterocycles. The van der Waals surface area contributed by atoms with E-state index in [1.165, 1.54) is 32.1 Å². The molecule has 0 aromatic carbocycles. The molecular formula is C12H21N. The molecule has 74 valence electrons. The van der Waals surface area contributed by atoms with Crippen LogP contribution in [0.4, 0.5) is 0 Å². The summed E-state index contributed by atoms with van der Waals surface area (Å²) in [6, 6.07) is 1.46. The normalized spacial score (nSPS) is 37.1. The third-order valence-corrected chi connectivity index (χ3v) is 3.43. The number of rotatable bonds is 2. The van der Waals surface area contributed by atoms with Crippen LogP contribution >= 0.6 is 0 Å². The van der Waals surface area contributed by atoms with Gasteiger partial charge in [-0.05, 0) is 37.5 Å². The van der Waals surface area contributed by atoms with Crippen molar-refractivity contribution in [2.45, 2.75) is 58.0 Å². The lowest BCUT2D eigenvalue weighted by atomic mass is 9.92. The first-order chi connectivity index (χ1) is 6.16. The smallest absolute Gasteiger partial charge is 0.0255 e. The van der Waals surface area contributed by atoms with E-state index < -0.39 is 0 Å². The Bertz CT molecular complexity index is 205. The molecule has 2 aliphatic carbocycles. The van der Waals surface area contributed by atoms with Gasteiger partial charge in [0.05, 0.1) is 0 Å². The molecular weight excluding hydrogens is 158 g/mol. The summed E-state index contributed by atoms with van der Waals surface area (Å²) in [5, 5.41) is 3.75. The SMILES string of the molecule is CC1(C)CCC(NC2C=CCC2)C1. The highest BCUT2D eigenvalue weighted by molar-refractivity contribution is 5.02. The van der Waals surface area contributed by atoms with Crippen LogP contribution in [0.1, 0.15) is 46.0 Å². The van der Waals surface area contributed by atoms with Gasteiger partial charge in [-0.25, -0.2) is 0 Å². The number of hydrogen-bond donors (Lipinski definition) is 1. The molecule has 2 atom stereocenters. The number of nitrogens with one attached hydrogen (secondary N) is 1. The van der Waals surface area contributed by atoms with E-state index >= 15 is 0 Å². The van der Waals surface area contributed by atoms with Gasteiger partial charge in [-0.3, -0.25) is 0 Å². The quantitative estimate of drug-likeness (QED) is 0.643. The first-order valence-corrected chi connectivity index (χ1v) is 5.58. The van der Waals surface area contributed by atoms with E-state index in [9.17, 15) is 0 Å². The molecule has 1 N–H and O–H groups in total. The van der Waals surface area contributed by atoms with Crippen LogP contribution in [0.15, 0.2) is 12.2 Å². The van der Waals surface area contributed by atoms with E-state index in [2.05, 4.69) is 31.3 Å². The average Bonchev–Trinajstić information content (AvgIpc) is 2.61. The molecule has 0 heterocycles. The van der Waals surface area contributed by atoms with Gasteiger partial charge in [0.25, 0.3) is 0 Å². The summed E-state index contributed by atoms with van der Waals surface area (Å²) >= 11 is 0. The molecule has 0 aliphatic heterocycles. The van der Waals surface area contributed by atoms with Crippen molar-refractivity contribution in [1.82, 2.24) is 5.32 Å². The first-order valence-electron chi connectivity index (χ1n) is 5.58. The average molecular weight is 179 g/mol. The summed E-state index contributed by atoms with van der Waals surface area (Å²) in [5.74, 6) is 0. The minimum atomic E-state index is 0.583. The zero-order valence-corrected chi connectivity index (χ0v) is 8.84. The Hall–Kier alpha value is -0.300. The van der Waals surface area contributed by atoms with E-state index in [0.717, 1.165) is 6.04 Å². The van der Waals surface area contributed by atoms with Crippen LogP contribution in [0.3, 0.4) is 0 Å². The number of hydrogen-bond acceptors (Lipinski definition) is 1. The van der Waals surface area contributed by atoms with Crippen molar-refractivity contribution < 1.29 is 0 Å². The fourth-order valence-electron chi connectivity index (χ4n) is 2.65. The summed E-state index contributed by atoms with van der Waals surface area (Å²) in [6.45, 7) is 4.78. The van der Waals surface area contributed by atoms with Gasteiger partial charge in [-0.1, -0.05) is 26.0 Å². The largest absolute Gasteiger partial charge is 0.308 e. The van der Waals surface area contributed by atoms with Crippen molar-refractivity contribution in [1.29, 1.82) is 0 Å². The molecule has 0 aromatic heterocycles. The Balaban J connectivity index is 1.80. The fourth-order valence-corrected chi connectivity index (χ4v) is 2.65. The van der Waals surface area contributed by atoms with Crippen molar-refractivity contribution in [3.8, 4) is 0 Å². The summed E-state index contributed by atoms with van der Waals surface area (Å²) in [5.41, 5.74) is 0.583. The highest BCUT2D eigenvalue weighted by atomic mass is 15.0. The molecule has 0 bridgehead atoms. The van der Waals surface area contributed by atoms with E-state index in [-0.39, 0.29) is 0 Å². The molecule has 1 saturated carbocycles. The summed E-state index contributed by atoms with van der Waals surface area (Å²) in [4.78, 5) is 0. The van der Waals surface area contributed by atoms with Crippen LogP contribution < -0.4 is 5.32 Å². The van der Waals surface area contributed by atoms with Gasteiger partial charge < -0.3 is 5.32 Å². The van der Waals surface area contributed by atoms with Gasteiger partial charge in [0.2, 0.25) is 0 Å². The first kappa shape index (κ1) is 9.26. The standard InChI is InChI=1S/C12H21N/c1-12(2)8-7-11(9-12)13-10-5-3-4-6-10/h3,5,10-11,13H,4,6-9H2,1-2H3. The Morgan fingerprint density at radius 2 is 2.15 bits per heavy atom. The van der Waals surface area contributed by atoms with Crippen LogP contribution in [0.5, 0.6) is 0 Å². The Morgan fingerprint density at radius 1 is 1.31 bits per heavy atom. The lowest BCUT2D eigenvalue weighted by Crippen LogP contribution is -2.34. The molecule has 0 radical (unpaired) electrons. The second-order valence-electron chi connectivity index (χ2n) is 5.38. The fraction of sp³-hybridized carbons (Fsp3) is 0.833. The summed E-state index contributed by atoms with van der Waals surface area (Å²) in [6.07, 6.45) is 11.4. The Labute approximate surface area is 81.6 Å². The van der Waals surface area contributed by atoms with Crippen LogP contribution in [-0.4, -0.2) is 12.1 Å². The minimum absolute atomic E-state index is 0.583. The van der Waals surface area contributed by atoms with Crippen LogP contribution in [-0.2, 0) is 0 Å². The highest BCUT2D eigenvalue weighted by Gasteiger charge is 2.31. The van der Waals surface area contributed by atoms with Gasteiger partial charge >= 0.3 is 0 Å². The maximum absolute atomic E-state index is 3.75. The second kappa shape index (κ2) is 3.45. The van der Waals surface area contributed by atoms with E-state index in [4.69, 9.17) is 0 Å². The van der Waals surface area contributed by atoms with Crippen molar-refractivity contribution in [2.24, 2.45) is 5.41 Å². The predicted molar refractivity (Wildman–Crippen MR) is 56.7 cm³/mol. The second-order valence-corrected chi connectivity index (χ2v) is 5.38. The van der Waals surface area contributed by atoms with Crippen LogP contribution in [0, 0.1) is 5.41 Å². The topological polar surface area (TPSA) is 12.0 Å². The third-order valence-electron chi connectivity index (χ3n) is 3.43. The molecule has 13 heavy (non-hydrogen) atoms. The van der Waals surface area contributed by atoms with Gasteiger partial charge in [0.15, 0.2) is 0 Å². The van der Waals surface area contributed by atoms with Crippen molar-refractivity contribution >= 4 is 0 Å². The Kier molecular flexibility index (Phi) is 2.46. The lowest BCUT2D eigenvalue weighted by Gasteiger charge is -2.20. The zero-order chi connectivity index (χ0) is 9.31. The van der Waals surface area contributed by atoms with Crippen molar-refractivity contribution in [3.05, 3.63) is 12.2 Å². The molecule has 1 fully saturated rings. The van der Waals surface area contributed by atoms with Gasteiger partial charge in [-0.2, -0.15) is 0 Å². The van der Waals surface area contributed by atoms with Crippen LogP contribution in [0.25, 0.3) is 0 Å². The minimum Gasteiger partial charge on any atom is -0.308 e. The lowest BCUT2D eigenvalue weighted by molar-refractivity contribution is 0.358. The zero-order valence-electron chi connectivity index (χ0n) is 8.84. The van der Waals surface area contributed by atoms with Gasteiger partial charge in [-0.15, -0.1) is 0 Å². The predicted octanol–water partition coefficient (Wildman–Crippen LogP) is 2.87. The van der Waals surface area contributed by atoms with E-state index in [1.54, 1.807) is 0 Å². The summed E-state index contributed by atoms with van der Waals surface area (Å²) in [7, 11) is 0. The highest BCUT2D eigenvalue weighted by Crippen LogP contribution is 2.37. The van der Waals surface area contributed by atoms with Gasteiger partial charge in [0, 0.05) is 12.1 Å². The Morgan fingerprint density at radius 3 is 2.69 bits per heavy atom. The van der Waals surface area contributed by atoms with E-state index in [1.807, 2.05) is 0 Å². The molecule has 1 heteroatoms. The molecule has 2 rings (SSSR count). The monoisotopic (exact) mass is 179 g/mol. The molecule has 0 spiro atoms. The van der Waals surface area contributed by atoms with Crippen LogP contribution in [0.2, 0.25) is 0 Å². The summed E-state index contributed by atoms with van der Waals surface area (Å²) < 4.78 is 0.